The molecule has 0 bridgehead atoms. The van der Waals surface area contributed by atoms with Gasteiger partial charge in [0.05, 0.1) is 11.3 Å². The summed E-state index contributed by atoms with van der Waals surface area (Å²) < 4.78 is 13.5. The molecule has 33 heavy (non-hydrogen) atoms. The molecule has 1 aliphatic rings. The Morgan fingerprint density at radius 2 is 1.61 bits per heavy atom. The molecule has 0 aliphatic carbocycles. The fourth-order valence-electron chi connectivity index (χ4n) is 3.54. The van der Waals surface area contributed by atoms with Gasteiger partial charge in [-0.2, -0.15) is 0 Å². The van der Waals surface area contributed by atoms with Gasteiger partial charge in [-0.25, -0.2) is 9.29 Å². The van der Waals surface area contributed by atoms with Gasteiger partial charge in [-0.05, 0) is 66.6 Å². The van der Waals surface area contributed by atoms with Crippen LogP contribution in [0.25, 0.3) is 5.57 Å². The van der Waals surface area contributed by atoms with Crippen LogP contribution in [0.3, 0.4) is 0 Å². The number of rotatable bonds is 5. The second kappa shape index (κ2) is 8.88. The zero-order valence-corrected chi connectivity index (χ0v) is 18.5. The maximum absolute atomic E-state index is 13.5. The maximum Gasteiger partial charge on any atom is 0.282 e. The lowest BCUT2D eigenvalue weighted by molar-refractivity contribution is -0.120. The second-order valence-corrected chi connectivity index (χ2v) is 7.88. The predicted molar refractivity (Wildman–Crippen MR) is 126 cm³/mol. The van der Waals surface area contributed by atoms with E-state index in [9.17, 15) is 18.8 Å². The molecule has 0 unspecified atom stereocenters. The van der Waals surface area contributed by atoms with Gasteiger partial charge >= 0.3 is 0 Å². The van der Waals surface area contributed by atoms with E-state index in [0.717, 1.165) is 4.90 Å². The van der Waals surface area contributed by atoms with Crippen LogP contribution in [-0.4, -0.2) is 17.7 Å². The first-order valence-electron chi connectivity index (χ1n) is 10.0. The first-order valence-corrected chi connectivity index (χ1v) is 10.4. The van der Waals surface area contributed by atoms with E-state index in [1.807, 2.05) is 0 Å². The third kappa shape index (κ3) is 4.36. The number of anilines is 3. The molecule has 0 saturated carbocycles. The Hall–Kier alpha value is -3.97. The minimum Gasteiger partial charge on any atom is -0.350 e. The second-order valence-electron chi connectivity index (χ2n) is 7.47. The number of imide groups is 1. The number of hydrogen-bond acceptors (Lipinski definition) is 4. The lowest BCUT2D eigenvalue weighted by Crippen LogP contribution is -2.32. The van der Waals surface area contributed by atoms with Crippen molar-refractivity contribution < 1.29 is 18.8 Å². The van der Waals surface area contributed by atoms with Crippen LogP contribution in [0, 0.1) is 12.7 Å². The van der Waals surface area contributed by atoms with Crippen LogP contribution < -0.4 is 15.5 Å². The lowest BCUT2D eigenvalue weighted by atomic mass is 10.0. The summed E-state index contributed by atoms with van der Waals surface area (Å²) in [6.07, 6.45) is 0. The van der Waals surface area contributed by atoms with Crippen molar-refractivity contribution in [1.29, 1.82) is 0 Å². The number of carbonyl (C=O) groups is 3. The first-order chi connectivity index (χ1) is 15.8. The smallest absolute Gasteiger partial charge is 0.282 e. The van der Waals surface area contributed by atoms with E-state index in [1.54, 1.807) is 49.4 Å². The van der Waals surface area contributed by atoms with Gasteiger partial charge < -0.3 is 10.6 Å². The zero-order valence-electron chi connectivity index (χ0n) is 17.8. The van der Waals surface area contributed by atoms with E-state index in [-0.39, 0.29) is 17.2 Å². The van der Waals surface area contributed by atoms with Crippen LogP contribution in [0.1, 0.15) is 18.1 Å². The highest BCUT2D eigenvalue weighted by atomic mass is 35.5. The molecule has 3 amide bonds. The van der Waals surface area contributed by atoms with Gasteiger partial charge in [0, 0.05) is 23.3 Å². The molecule has 3 aromatic carbocycles. The SMILES string of the molecule is CC(=O)Nc1ccc(N2C(=O)C(Nc3cccc(Cl)c3C)=C(c3ccc(F)cc3)C2=O)cc1. The molecule has 0 atom stereocenters. The molecule has 4 rings (SSSR count). The number of benzene rings is 3. The summed E-state index contributed by atoms with van der Waals surface area (Å²) in [6.45, 7) is 3.18. The summed E-state index contributed by atoms with van der Waals surface area (Å²) in [5.41, 5.74) is 2.72. The van der Waals surface area contributed by atoms with E-state index in [1.165, 1.54) is 31.2 Å². The number of hydrogen-bond donors (Lipinski definition) is 2. The Morgan fingerprint density at radius 1 is 0.939 bits per heavy atom. The Balaban J connectivity index is 1.78. The third-order valence-corrected chi connectivity index (χ3v) is 5.60. The van der Waals surface area contributed by atoms with Crippen LogP contribution in [0.4, 0.5) is 21.5 Å². The average molecular weight is 464 g/mol. The van der Waals surface area contributed by atoms with Crippen LogP contribution in [0.2, 0.25) is 5.02 Å². The molecular formula is C25H19ClFN3O3. The minimum atomic E-state index is -0.564. The number of amides is 3. The highest BCUT2D eigenvalue weighted by molar-refractivity contribution is 6.46. The van der Waals surface area contributed by atoms with Crippen molar-refractivity contribution in [2.45, 2.75) is 13.8 Å². The van der Waals surface area contributed by atoms with Crippen molar-refractivity contribution in [2.24, 2.45) is 0 Å². The average Bonchev–Trinajstić information content (AvgIpc) is 3.02. The first kappa shape index (κ1) is 22.2. The van der Waals surface area contributed by atoms with Crippen LogP contribution in [0.15, 0.2) is 72.4 Å². The van der Waals surface area contributed by atoms with E-state index < -0.39 is 17.6 Å². The van der Waals surface area contributed by atoms with Crippen LogP contribution in [-0.2, 0) is 14.4 Å². The number of nitrogens with zero attached hydrogens (tertiary/aromatic N) is 1. The molecule has 0 radical (unpaired) electrons. The molecule has 0 fully saturated rings. The Labute approximate surface area is 194 Å². The fourth-order valence-corrected chi connectivity index (χ4v) is 3.71. The largest absolute Gasteiger partial charge is 0.350 e. The quantitative estimate of drug-likeness (QED) is 0.513. The van der Waals surface area contributed by atoms with Gasteiger partial charge in [-0.15, -0.1) is 0 Å². The van der Waals surface area contributed by atoms with Gasteiger partial charge in [0.25, 0.3) is 11.8 Å². The third-order valence-electron chi connectivity index (χ3n) is 5.19. The summed E-state index contributed by atoms with van der Waals surface area (Å²) in [7, 11) is 0. The maximum atomic E-state index is 13.5. The van der Waals surface area contributed by atoms with E-state index >= 15 is 0 Å². The van der Waals surface area contributed by atoms with Crippen molar-refractivity contribution in [1.82, 2.24) is 0 Å². The fraction of sp³-hybridized carbons (Fsp3) is 0.0800. The van der Waals surface area contributed by atoms with E-state index in [4.69, 9.17) is 11.6 Å². The molecule has 0 spiro atoms. The zero-order chi connectivity index (χ0) is 23.7. The highest BCUT2D eigenvalue weighted by Crippen LogP contribution is 2.35. The van der Waals surface area contributed by atoms with Gasteiger partial charge in [0.15, 0.2) is 0 Å². The van der Waals surface area contributed by atoms with Crippen LogP contribution in [0.5, 0.6) is 0 Å². The summed E-state index contributed by atoms with van der Waals surface area (Å²) in [4.78, 5) is 39.2. The van der Waals surface area contributed by atoms with Gasteiger partial charge in [0.1, 0.15) is 11.5 Å². The summed E-state index contributed by atoms with van der Waals surface area (Å²) in [6, 6.07) is 16.9. The van der Waals surface area contributed by atoms with Crippen LogP contribution >= 0.6 is 11.6 Å². The predicted octanol–water partition coefficient (Wildman–Crippen LogP) is 5.14. The van der Waals surface area contributed by atoms with Gasteiger partial charge in [-0.3, -0.25) is 14.4 Å². The molecule has 0 saturated heterocycles. The monoisotopic (exact) mass is 463 g/mol. The molecule has 1 aliphatic heterocycles. The summed E-state index contributed by atoms with van der Waals surface area (Å²) in [5.74, 6) is -1.81. The Kier molecular flexibility index (Phi) is 5.98. The standard InChI is InChI=1S/C25H19ClFN3O3/c1-14-20(26)4-3-5-21(14)29-23-22(16-6-8-17(27)9-7-16)24(32)30(25(23)33)19-12-10-18(11-13-19)28-15(2)31/h3-13,29H,1-2H3,(H,28,31). The Morgan fingerprint density at radius 3 is 2.24 bits per heavy atom. The molecule has 8 heteroatoms. The number of halogens is 2. The molecule has 6 nitrogen and oxygen atoms in total. The van der Waals surface area contributed by atoms with Crippen molar-refractivity contribution in [3.8, 4) is 0 Å². The topological polar surface area (TPSA) is 78.5 Å². The van der Waals surface area contributed by atoms with Crippen molar-refractivity contribution >= 4 is 52.0 Å². The molecular weight excluding hydrogens is 445 g/mol. The molecule has 0 aromatic heterocycles. The van der Waals surface area contributed by atoms with Crippen molar-refractivity contribution in [3.05, 3.63) is 94.4 Å². The van der Waals surface area contributed by atoms with Crippen molar-refractivity contribution in [3.63, 3.8) is 0 Å². The number of carbonyl (C=O) groups excluding carboxylic acids is 3. The molecule has 1 heterocycles. The Bertz CT molecular complexity index is 1300. The minimum absolute atomic E-state index is 0.0583. The highest BCUT2D eigenvalue weighted by Gasteiger charge is 2.40. The molecule has 3 aromatic rings. The normalized spacial score (nSPS) is 13.5. The van der Waals surface area contributed by atoms with Gasteiger partial charge in [-0.1, -0.05) is 29.8 Å². The van der Waals surface area contributed by atoms with Gasteiger partial charge in [0.2, 0.25) is 5.91 Å². The van der Waals surface area contributed by atoms with Crippen molar-refractivity contribution in [2.75, 3.05) is 15.5 Å². The summed E-state index contributed by atoms with van der Waals surface area (Å²) in [5, 5.41) is 6.21. The molecule has 2 N–H and O–H groups in total. The van der Waals surface area contributed by atoms with E-state index in [2.05, 4.69) is 10.6 Å². The lowest BCUT2D eigenvalue weighted by Gasteiger charge is -2.16. The van der Waals surface area contributed by atoms with E-state index in [0.29, 0.717) is 33.2 Å². The summed E-state index contributed by atoms with van der Waals surface area (Å²) >= 11 is 6.22. The number of nitrogens with one attached hydrogen (secondary N) is 2. The molecule has 166 valence electrons.